The lowest BCUT2D eigenvalue weighted by Gasteiger charge is -2.07. The highest BCUT2D eigenvalue weighted by Gasteiger charge is 2.18. The molecule has 0 radical (unpaired) electrons. The van der Waals surface area contributed by atoms with E-state index in [-0.39, 0.29) is 11.8 Å². The fraction of sp³-hybridized carbons (Fsp3) is 0. The molecule has 0 bridgehead atoms. The van der Waals surface area contributed by atoms with Crippen molar-refractivity contribution in [3.63, 3.8) is 0 Å². The second-order valence-corrected chi connectivity index (χ2v) is 8.24. The van der Waals surface area contributed by atoms with Gasteiger partial charge in [-0.2, -0.15) is 5.10 Å². The predicted octanol–water partition coefficient (Wildman–Crippen LogP) is 6.09. The molecule has 0 aliphatic heterocycles. The first-order valence-electron chi connectivity index (χ1n) is 8.22. The molecule has 0 saturated heterocycles. The lowest BCUT2D eigenvalue weighted by molar-refractivity contribution is 0.102. The van der Waals surface area contributed by atoms with Crippen LogP contribution in [0.1, 0.15) is 20.0 Å². The molecule has 29 heavy (non-hydrogen) atoms. The van der Waals surface area contributed by atoms with Crippen LogP contribution < -0.4 is 10.6 Å². The van der Waals surface area contributed by atoms with Gasteiger partial charge < -0.3 is 10.6 Å². The quantitative estimate of drug-likeness (QED) is 0.341. The van der Waals surface area contributed by atoms with Gasteiger partial charge in [-0.15, -0.1) is 11.3 Å². The molecule has 0 unspecified atom stereocenters. The van der Waals surface area contributed by atoms with Crippen molar-refractivity contribution in [2.24, 2.45) is 0 Å². The number of halogens is 3. The van der Waals surface area contributed by atoms with E-state index in [1.807, 2.05) is 0 Å². The number of nitrogens with zero attached hydrogens (tertiary/aromatic N) is 1. The molecule has 0 atom stereocenters. The summed E-state index contributed by atoms with van der Waals surface area (Å²) >= 11 is 19.3. The molecule has 0 spiro atoms. The Bertz CT molecular complexity index is 1230. The normalized spacial score (nSPS) is 10.9. The van der Waals surface area contributed by atoms with Crippen molar-refractivity contribution in [3.8, 4) is 0 Å². The van der Waals surface area contributed by atoms with Gasteiger partial charge in [0.15, 0.2) is 5.82 Å². The third kappa shape index (κ3) is 4.09. The second-order valence-electron chi connectivity index (χ2n) is 5.94. The Balaban J connectivity index is 1.57. The van der Waals surface area contributed by atoms with Crippen LogP contribution in [0, 0.1) is 0 Å². The Morgan fingerprint density at radius 1 is 0.931 bits per heavy atom. The van der Waals surface area contributed by atoms with Crippen LogP contribution in [-0.4, -0.2) is 22.0 Å². The number of amides is 2. The predicted molar refractivity (Wildman–Crippen MR) is 118 cm³/mol. The van der Waals surface area contributed by atoms with E-state index in [9.17, 15) is 9.59 Å². The topological polar surface area (TPSA) is 86.9 Å². The molecular formula is C19H11Cl3N4O2S. The van der Waals surface area contributed by atoms with E-state index in [1.165, 1.54) is 11.3 Å². The third-order valence-corrected chi connectivity index (χ3v) is 5.90. The smallest absolute Gasteiger partial charge is 0.265 e. The summed E-state index contributed by atoms with van der Waals surface area (Å²) in [5, 5.41) is 14.1. The van der Waals surface area contributed by atoms with Crippen molar-refractivity contribution in [3.05, 3.63) is 74.0 Å². The summed E-state index contributed by atoms with van der Waals surface area (Å²) in [6.45, 7) is 0. The number of nitrogens with one attached hydrogen (secondary N) is 3. The molecule has 2 heterocycles. The van der Waals surface area contributed by atoms with Crippen molar-refractivity contribution in [2.75, 3.05) is 10.6 Å². The van der Waals surface area contributed by atoms with Crippen LogP contribution in [0.4, 0.5) is 11.5 Å². The minimum absolute atomic E-state index is 0.316. The Morgan fingerprint density at radius 3 is 2.38 bits per heavy atom. The van der Waals surface area contributed by atoms with Gasteiger partial charge >= 0.3 is 0 Å². The lowest BCUT2D eigenvalue weighted by Crippen LogP contribution is -2.12. The molecule has 10 heteroatoms. The average molecular weight is 466 g/mol. The molecule has 0 aliphatic rings. The van der Waals surface area contributed by atoms with E-state index in [4.69, 9.17) is 34.8 Å². The maximum absolute atomic E-state index is 12.6. The molecule has 4 rings (SSSR count). The highest BCUT2D eigenvalue weighted by atomic mass is 35.5. The molecule has 146 valence electrons. The largest absolute Gasteiger partial charge is 0.319 e. The van der Waals surface area contributed by atoms with Gasteiger partial charge in [0.2, 0.25) is 0 Å². The summed E-state index contributed by atoms with van der Waals surface area (Å²) in [5.41, 5.74) is 0.737. The number of rotatable bonds is 4. The highest BCUT2D eigenvalue weighted by Crippen LogP contribution is 2.33. The SMILES string of the molecule is O=C(Nc1n[nH]c2sc(C(=O)Nc3c(Cl)cccc3Cl)cc12)c1cccc(Cl)c1. The van der Waals surface area contributed by atoms with Crippen molar-refractivity contribution in [2.45, 2.75) is 0 Å². The molecule has 2 aromatic heterocycles. The summed E-state index contributed by atoms with van der Waals surface area (Å²) in [4.78, 5) is 26.1. The Labute approximate surface area is 183 Å². The summed E-state index contributed by atoms with van der Waals surface area (Å²) < 4.78 is 0. The maximum Gasteiger partial charge on any atom is 0.265 e. The van der Waals surface area contributed by atoms with E-state index in [1.54, 1.807) is 48.5 Å². The highest BCUT2D eigenvalue weighted by molar-refractivity contribution is 7.20. The van der Waals surface area contributed by atoms with Crippen LogP contribution in [0.15, 0.2) is 48.5 Å². The Morgan fingerprint density at radius 2 is 1.66 bits per heavy atom. The van der Waals surface area contributed by atoms with Crippen LogP contribution in [0.2, 0.25) is 15.1 Å². The van der Waals surface area contributed by atoms with Gasteiger partial charge in [0.25, 0.3) is 11.8 Å². The van der Waals surface area contributed by atoms with Gasteiger partial charge in [-0.25, -0.2) is 0 Å². The van der Waals surface area contributed by atoms with E-state index in [0.717, 1.165) is 0 Å². The van der Waals surface area contributed by atoms with E-state index in [2.05, 4.69) is 20.8 Å². The van der Waals surface area contributed by atoms with Gasteiger partial charge in [-0.3, -0.25) is 14.7 Å². The van der Waals surface area contributed by atoms with E-state index >= 15 is 0 Å². The third-order valence-electron chi connectivity index (χ3n) is 4.00. The minimum Gasteiger partial charge on any atom is -0.319 e. The lowest BCUT2D eigenvalue weighted by atomic mass is 10.2. The molecule has 0 saturated carbocycles. The standard InChI is InChI=1S/C19H11Cl3N4O2S/c20-10-4-1-3-9(7-10)17(27)24-16-11-8-14(29-19(11)26-25-16)18(28)23-15-12(21)5-2-6-13(15)22/h1-8H,(H,23,28)(H2,24,25,26,27). The average Bonchev–Trinajstić information content (AvgIpc) is 3.27. The Hall–Kier alpha value is -2.58. The van der Waals surface area contributed by atoms with Crippen LogP contribution in [0.5, 0.6) is 0 Å². The number of carbonyl (C=O) groups is 2. The monoisotopic (exact) mass is 464 g/mol. The number of fused-ring (bicyclic) bond motifs is 1. The first-order chi connectivity index (χ1) is 13.9. The zero-order valence-electron chi connectivity index (χ0n) is 14.4. The van der Waals surface area contributed by atoms with Crippen molar-refractivity contribution < 1.29 is 9.59 Å². The van der Waals surface area contributed by atoms with Crippen molar-refractivity contribution in [1.29, 1.82) is 0 Å². The van der Waals surface area contributed by atoms with Gasteiger partial charge in [0, 0.05) is 10.6 Å². The molecule has 4 aromatic rings. The molecule has 3 N–H and O–H groups in total. The summed E-state index contributed by atoms with van der Waals surface area (Å²) in [5.74, 6) is -0.418. The second kappa shape index (κ2) is 8.04. The molecular weight excluding hydrogens is 455 g/mol. The van der Waals surface area contributed by atoms with Crippen molar-refractivity contribution in [1.82, 2.24) is 10.2 Å². The fourth-order valence-electron chi connectivity index (χ4n) is 2.63. The number of hydrogen-bond acceptors (Lipinski definition) is 4. The summed E-state index contributed by atoms with van der Waals surface area (Å²) in [6, 6.07) is 13.2. The van der Waals surface area contributed by atoms with Crippen molar-refractivity contribution >= 4 is 79.7 Å². The number of anilines is 2. The van der Waals surface area contributed by atoms with Crippen LogP contribution >= 0.6 is 46.1 Å². The number of benzene rings is 2. The van der Waals surface area contributed by atoms with Gasteiger partial charge in [-0.05, 0) is 36.4 Å². The minimum atomic E-state index is -0.373. The Kier molecular flexibility index (Phi) is 5.47. The van der Waals surface area contributed by atoms with Gasteiger partial charge in [-0.1, -0.05) is 46.9 Å². The summed E-state index contributed by atoms with van der Waals surface area (Å²) in [6.07, 6.45) is 0. The first-order valence-corrected chi connectivity index (χ1v) is 10.2. The van der Waals surface area contributed by atoms with E-state index in [0.29, 0.717) is 47.2 Å². The maximum atomic E-state index is 12.6. The fourth-order valence-corrected chi connectivity index (χ4v) is 4.21. The van der Waals surface area contributed by atoms with E-state index < -0.39 is 0 Å². The molecule has 6 nitrogen and oxygen atoms in total. The van der Waals surface area contributed by atoms with Crippen LogP contribution in [-0.2, 0) is 0 Å². The summed E-state index contributed by atoms with van der Waals surface area (Å²) in [7, 11) is 0. The van der Waals surface area contributed by atoms with Gasteiger partial charge in [0.1, 0.15) is 4.83 Å². The molecule has 2 aromatic carbocycles. The van der Waals surface area contributed by atoms with Crippen LogP contribution in [0.25, 0.3) is 10.2 Å². The van der Waals surface area contributed by atoms with Gasteiger partial charge in [0.05, 0.1) is 26.0 Å². The number of aromatic nitrogens is 2. The number of thiophene rings is 1. The molecule has 0 aliphatic carbocycles. The number of para-hydroxylation sites is 1. The molecule has 2 amide bonds. The van der Waals surface area contributed by atoms with Crippen LogP contribution in [0.3, 0.4) is 0 Å². The number of hydrogen-bond donors (Lipinski definition) is 3. The number of H-pyrrole nitrogens is 1. The molecule has 0 fully saturated rings. The first kappa shape index (κ1) is 19.7. The zero-order chi connectivity index (χ0) is 20.5. The zero-order valence-corrected chi connectivity index (χ0v) is 17.5. The number of aromatic amines is 1. The number of carbonyl (C=O) groups excluding carboxylic acids is 2.